The number of ether oxygens (including phenoxy) is 1. The predicted octanol–water partition coefficient (Wildman–Crippen LogP) is 4.63. The van der Waals surface area contributed by atoms with E-state index in [4.69, 9.17) is 16.3 Å². The predicted molar refractivity (Wildman–Crippen MR) is 109 cm³/mol. The molecule has 6 heteroatoms. The summed E-state index contributed by atoms with van der Waals surface area (Å²) in [7, 11) is 0. The van der Waals surface area contributed by atoms with Crippen LogP contribution in [0.25, 0.3) is 0 Å². The van der Waals surface area contributed by atoms with E-state index in [0.29, 0.717) is 21.9 Å². The molecule has 0 spiro atoms. The SMILES string of the molecule is Cc1ccccc1C(=O)Oc1ccc(C=NNC(=O)c2ccc(Cl)cc2)cc1. The lowest BCUT2D eigenvalue weighted by Gasteiger charge is -2.06. The van der Waals surface area contributed by atoms with E-state index in [9.17, 15) is 9.59 Å². The number of hydrogen-bond donors (Lipinski definition) is 1. The summed E-state index contributed by atoms with van der Waals surface area (Å²) in [6.07, 6.45) is 1.50. The number of hydrazone groups is 1. The highest BCUT2D eigenvalue weighted by atomic mass is 35.5. The molecule has 0 heterocycles. The van der Waals surface area contributed by atoms with Crippen LogP contribution < -0.4 is 10.2 Å². The average molecular weight is 393 g/mol. The average Bonchev–Trinajstić information content (AvgIpc) is 2.70. The second kappa shape index (κ2) is 8.97. The molecule has 0 atom stereocenters. The lowest BCUT2D eigenvalue weighted by atomic mass is 10.1. The monoisotopic (exact) mass is 392 g/mol. The van der Waals surface area contributed by atoms with E-state index in [1.165, 1.54) is 6.21 Å². The van der Waals surface area contributed by atoms with Crippen molar-refractivity contribution in [1.82, 2.24) is 5.43 Å². The molecular formula is C22H17ClN2O3. The molecule has 3 aromatic carbocycles. The van der Waals surface area contributed by atoms with Crippen molar-refractivity contribution >= 4 is 29.7 Å². The fraction of sp³-hybridized carbons (Fsp3) is 0.0455. The fourth-order valence-electron chi connectivity index (χ4n) is 2.42. The van der Waals surface area contributed by atoms with E-state index in [-0.39, 0.29) is 5.91 Å². The Labute approximate surface area is 167 Å². The number of esters is 1. The molecular weight excluding hydrogens is 376 g/mol. The Balaban J connectivity index is 1.57. The van der Waals surface area contributed by atoms with E-state index in [1.54, 1.807) is 60.7 Å². The number of rotatable bonds is 5. The Kier molecular flexibility index (Phi) is 6.19. The molecule has 3 aromatic rings. The second-order valence-corrected chi connectivity index (χ2v) is 6.42. The van der Waals surface area contributed by atoms with Gasteiger partial charge in [-0.15, -0.1) is 0 Å². The quantitative estimate of drug-likeness (QED) is 0.298. The molecule has 0 fully saturated rings. The van der Waals surface area contributed by atoms with Crippen LogP contribution in [0.3, 0.4) is 0 Å². The lowest BCUT2D eigenvalue weighted by molar-refractivity contribution is 0.0733. The van der Waals surface area contributed by atoms with Gasteiger partial charge in [0.2, 0.25) is 0 Å². The van der Waals surface area contributed by atoms with E-state index < -0.39 is 5.97 Å². The van der Waals surface area contributed by atoms with Crippen molar-refractivity contribution in [2.24, 2.45) is 5.10 Å². The second-order valence-electron chi connectivity index (χ2n) is 5.98. The van der Waals surface area contributed by atoms with Crippen molar-refractivity contribution in [2.45, 2.75) is 6.92 Å². The highest BCUT2D eigenvalue weighted by molar-refractivity contribution is 6.30. The molecule has 1 amide bonds. The van der Waals surface area contributed by atoms with Crippen LogP contribution in [0.4, 0.5) is 0 Å². The summed E-state index contributed by atoms with van der Waals surface area (Å²) in [6.45, 7) is 1.86. The van der Waals surface area contributed by atoms with Gasteiger partial charge in [-0.3, -0.25) is 4.79 Å². The summed E-state index contributed by atoms with van der Waals surface area (Å²) in [5.41, 5.74) is 5.02. The maximum atomic E-state index is 12.2. The number of nitrogens with zero attached hydrogens (tertiary/aromatic N) is 1. The van der Waals surface area contributed by atoms with Gasteiger partial charge in [0.05, 0.1) is 11.8 Å². The Morgan fingerprint density at radius 1 is 0.964 bits per heavy atom. The standard InChI is InChI=1S/C22H17ClN2O3/c1-15-4-2-3-5-20(15)22(27)28-19-12-6-16(7-13-19)14-24-25-21(26)17-8-10-18(23)11-9-17/h2-14H,1H3,(H,25,26). The van der Waals surface area contributed by atoms with Crippen molar-refractivity contribution in [2.75, 3.05) is 0 Å². The zero-order chi connectivity index (χ0) is 19.9. The van der Waals surface area contributed by atoms with Gasteiger partial charge in [0, 0.05) is 10.6 Å². The summed E-state index contributed by atoms with van der Waals surface area (Å²) in [5, 5.41) is 4.48. The fourth-order valence-corrected chi connectivity index (χ4v) is 2.54. The molecule has 1 N–H and O–H groups in total. The Morgan fingerprint density at radius 2 is 1.64 bits per heavy atom. The van der Waals surface area contributed by atoms with E-state index in [1.807, 2.05) is 19.1 Å². The largest absolute Gasteiger partial charge is 0.423 e. The topological polar surface area (TPSA) is 67.8 Å². The molecule has 140 valence electrons. The van der Waals surface area contributed by atoms with Crippen LogP contribution >= 0.6 is 11.6 Å². The first kappa shape index (κ1) is 19.3. The maximum Gasteiger partial charge on any atom is 0.343 e. The number of halogens is 1. The van der Waals surface area contributed by atoms with Crippen molar-refractivity contribution < 1.29 is 14.3 Å². The zero-order valence-corrected chi connectivity index (χ0v) is 15.8. The van der Waals surface area contributed by atoms with Gasteiger partial charge < -0.3 is 4.74 Å². The van der Waals surface area contributed by atoms with Crippen LogP contribution in [0.15, 0.2) is 77.9 Å². The number of amides is 1. The van der Waals surface area contributed by atoms with Gasteiger partial charge in [0.1, 0.15) is 5.75 Å². The molecule has 0 aliphatic rings. The van der Waals surface area contributed by atoms with E-state index in [2.05, 4.69) is 10.5 Å². The summed E-state index contributed by atoms with van der Waals surface area (Å²) < 4.78 is 5.38. The first-order chi connectivity index (χ1) is 13.5. The van der Waals surface area contributed by atoms with Gasteiger partial charge in [-0.1, -0.05) is 29.8 Å². The lowest BCUT2D eigenvalue weighted by Crippen LogP contribution is -2.17. The van der Waals surface area contributed by atoms with Crippen molar-refractivity contribution in [1.29, 1.82) is 0 Å². The molecule has 3 rings (SSSR count). The van der Waals surface area contributed by atoms with Gasteiger partial charge in [0.15, 0.2) is 0 Å². The van der Waals surface area contributed by atoms with Gasteiger partial charge in [0.25, 0.3) is 5.91 Å². The van der Waals surface area contributed by atoms with Crippen LogP contribution in [0.2, 0.25) is 5.02 Å². The number of carbonyl (C=O) groups is 2. The van der Waals surface area contributed by atoms with Crippen molar-refractivity contribution in [3.63, 3.8) is 0 Å². The number of aryl methyl sites for hydroxylation is 1. The third-order valence-corrected chi connectivity index (χ3v) is 4.19. The molecule has 0 saturated carbocycles. The van der Waals surface area contributed by atoms with Crippen LogP contribution in [0, 0.1) is 6.92 Å². The number of hydrogen-bond acceptors (Lipinski definition) is 4. The minimum Gasteiger partial charge on any atom is -0.423 e. The van der Waals surface area contributed by atoms with Crippen LogP contribution in [-0.4, -0.2) is 18.1 Å². The zero-order valence-electron chi connectivity index (χ0n) is 15.1. The van der Waals surface area contributed by atoms with Gasteiger partial charge >= 0.3 is 5.97 Å². The highest BCUT2D eigenvalue weighted by Gasteiger charge is 2.10. The number of benzene rings is 3. The van der Waals surface area contributed by atoms with Crippen LogP contribution in [-0.2, 0) is 0 Å². The van der Waals surface area contributed by atoms with Crippen LogP contribution in [0.1, 0.15) is 31.8 Å². The summed E-state index contributed by atoms with van der Waals surface area (Å²) in [5.74, 6) is -0.318. The molecule has 28 heavy (non-hydrogen) atoms. The molecule has 0 aliphatic carbocycles. The molecule has 0 aliphatic heterocycles. The molecule has 0 radical (unpaired) electrons. The summed E-state index contributed by atoms with van der Waals surface area (Å²) in [6, 6.07) is 20.5. The van der Waals surface area contributed by atoms with Gasteiger partial charge in [-0.2, -0.15) is 5.10 Å². The highest BCUT2D eigenvalue weighted by Crippen LogP contribution is 2.15. The molecule has 0 saturated heterocycles. The van der Waals surface area contributed by atoms with E-state index >= 15 is 0 Å². The van der Waals surface area contributed by atoms with Gasteiger partial charge in [-0.05, 0) is 72.6 Å². The Hall–Kier alpha value is -3.44. The maximum absolute atomic E-state index is 12.2. The molecule has 5 nitrogen and oxygen atoms in total. The molecule has 0 aromatic heterocycles. The van der Waals surface area contributed by atoms with Crippen molar-refractivity contribution in [3.05, 3.63) is 100 Å². The molecule has 0 bridgehead atoms. The third kappa shape index (κ3) is 5.05. The molecule has 0 unspecified atom stereocenters. The minimum absolute atomic E-state index is 0.336. The normalized spacial score (nSPS) is 10.6. The van der Waals surface area contributed by atoms with E-state index in [0.717, 1.165) is 11.1 Å². The van der Waals surface area contributed by atoms with Crippen molar-refractivity contribution in [3.8, 4) is 5.75 Å². The smallest absolute Gasteiger partial charge is 0.343 e. The number of carbonyl (C=O) groups excluding carboxylic acids is 2. The summed E-state index contributed by atoms with van der Waals surface area (Å²) in [4.78, 5) is 24.2. The minimum atomic E-state index is -0.408. The Morgan fingerprint density at radius 3 is 2.32 bits per heavy atom. The first-order valence-corrected chi connectivity index (χ1v) is 8.87. The number of nitrogens with one attached hydrogen (secondary N) is 1. The first-order valence-electron chi connectivity index (χ1n) is 8.50. The Bertz CT molecular complexity index is 1010. The van der Waals surface area contributed by atoms with Gasteiger partial charge in [-0.25, -0.2) is 10.2 Å². The van der Waals surface area contributed by atoms with Crippen LogP contribution in [0.5, 0.6) is 5.75 Å². The third-order valence-electron chi connectivity index (χ3n) is 3.94. The summed E-state index contributed by atoms with van der Waals surface area (Å²) >= 11 is 5.79.